The number of nitrogens with zero attached hydrogens (tertiary/aromatic N) is 3. The molecule has 0 saturated heterocycles. The Morgan fingerprint density at radius 1 is 1.26 bits per heavy atom. The summed E-state index contributed by atoms with van der Waals surface area (Å²) >= 11 is 1.60. The van der Waals surface area contributed by atoms with Crippen molar-refractivity contribution in [3.63, 3.8) is 0 Å². The molecule has 0 radical (unpaired) electrons. The number of hydrogen-bond donors (Lipinski definition) is 1. The molecule has 96 valence electrons. The van der Waals surface area contributed by atoms with Gasteiger partial charge in [-0.05, 0) is 19.1 Å². The quantitative estimate of drug-likeness (QED) is 0.742. The van der Waals surface area contributed by atoms with Gasteiger partial charge in [-0.1, -0.05) is 17.3 Å². The van der Waals surface area contributed by atoms with Crippen molar-refractivity contribution in [2.45, 2.75) is 13.3 Å². The van der Waals surface area contributed by atoms with Gasteiger partial charge in [-0.25, -0.2) is 4.98 Å². The van der Waals surface area contributed by atoms with Gasteiger partial charge in [0.15, 0.2) is 5.82 Å². The minimum Gasteiger partial charge on any atom is -0.398 e. The molecule has 0 atom stereocenters. The van der Waals surface area contributed by atoms with E-state index in [0.29, 0.717) is 23.8 Å². The van der Waals surface area contributed by atoms with Gasteiger partial charge in [0, 0.05) is 16.8 Å². The number of benzene rings is 1. The van der Waals surface area contributed by atoms with Crippen LogP contribution in [-0.2, 0) is 6.42 Å². The van der Waals surface area contributed by atoms with Gasteiger partial charge in [-0.3, -0.25) is 0 Å². The second-order valence-corrected chi connectivity index (χ2v) is 5.11. The molecule has 1 aromatic carbocycles. The molecular weight excluding hydrogens is 260 g/mol. The summed E-state index contributed by atoms with van der Waals surface area (Å²) in [6.45, 7) is 1.96. The van der Waals surface area contributed by atoms with Crippen molar-refractivity contribution in [2.75, 3.05) is 5.73 Å². The van der Waals surface area contributed by atoms with Gasteiger partial charge in [-0.15, -0.1) is 11.3 Å². The van der Waals surface area contributed by atoms with Crippen LogP contribution in [0.2, 0.25) is 0 Å². The summed E-state index contributed by atoms with van der Waals surface area (Å²) in [6.07, 6.45) is 0.578. The second kappa shape index (κ2) is 4.81. The Kier molecular flexibility index (Phi) is 3.00. The highest BCUT2D eigenvalue weighted by Crippen LogP contribution is 2.24. The molecule has 0 aliphatic carbocycles. The molecule has 0 unspecified atom stereocenters. The molecule has 2 heterocycles. The highest BCUT2D eigenvalue weighted by Gasteiger charge is 2.12. The van der Waals surface area contributed by atoms with Crippen molar-refractivity contribution in [2.24, 2.45) is 0 Å². The molecule has 3 aromatic rings. The minimum atomic E-state index is 0.446. The summed E-state index contributed by atoms with van der Waals surface area (Å²) < 4.78 is 5.25. The van der Waals surface area contributed by atoms with Gasteiger partial charge < -0.3 is 10.3 Å². The molecule has 2 N–H and O–H groups in total. The van der Waals surface area contributed by atoms with Gasteiger partial charge in [0.2, 0.25) is 0 Å². The normalized spacial score (nSPS) is 10.8. The number of aryl methyl sites for hydroxylation is 1. The van der Waals surface area contributed by atoms with Gasteiger partial charge in [-0.2, -0.15) is 4.98 Å². The molecule has 2 aromatic heterocycles. The Bertz CT molecular complexity index is 704. The Morgan fingerprint density at radius 2 is 2.11 bits per heavy atom. The van der Waals surface area contributed by atoms with Crippen LogP contribution in [0.15, 0.2) is 34.2 Å². The number of thiazole rings is 1. The van der Waals surface area contributed by atoms with Gasteiger partial charge in [0.05, 0.1) is 12.0 Å². The van der Waals surface area contributed by atoms with E-state index in [-0.39, 0.29) is 0 Å². The Balaban J connectivity index is 1.86. The maximum Gasteiger partial charge on any atom is 0.260 e. The Morgan fingerprint density at radius 3 is 2.84 bits per heavy atom. The maximum atomic E-state index is 5.88. The molecule has 6 heteroatoms. The fourth-order valence-electron chi connectivity index (χ4n) is 1.75. The van der Waals surface area contributed by atoms with Gasteiger partial charge >= 0.3 is 0 Å². The van der Waals surface area contributed by atoms with Crippen molar-refractivity contribution in [3.8, 4) is 11.5 Å². The van der Waals surface area contributed by atoms with E-state index in [0.717, 1.165) is 16.3 Å². The second-order valence-electron chi connectivity index (χ2n) is 4.16. The number of aromatic nitrogens is 3. The third-order valence-corrected chi connectivity index (χ3v) is 3.60. The monoisotopic (exact) mass is 272 g/mol. The van der Waals surface area contributed by atoms with Crippen LogP contribution in [0.25, 0.3) is 11.5 Å². The van der Waals surface area contributed by atoms with Crippen LogP contribution < -0.4 is 5.73 Å². The summed E-state index contributed by atoms with van der Waals surface area (Å²) in [6, 6.07) is 7.43. The van der Waals surface area contributed by atoms with Crippen molar-refractivity contribution in [3.05, 3.63) is 46.2 Å². The van der Waals surface area contributed by atoms with Crippen LogP contribution in [-0.4, -0.2) is 15.1 Å². The number of anilines is 1. The average molecular weight is 272 g/mol. The molecule has 0 amide bonds. The summed E-state index contributed by atoms with van der Waals surface area (Å²) in [5, 5.41) is 6.95. The third kappa shape index (κ3) is 2.48. The largest absolute Gasteiger partial charge is 0.398 e. The molecule has 0 spiro atoms. The number of hydrogen-bond acceptors (Lipinski definition) is 6. The number of rotatable bonds is 3. The van der Waals surface area contributed by atoms with Crippen LogP contribution in [0, 0.1) is 6.92 Å². The topological polar surface area (TPSA) is 77.8 Å². The van der Waals surface area contributed by atoms with Gasteiger partial charge in [0.1, 0.15) is 5.01 Å². The number of para-hydroxylation sites is 1. The lowest BCUT2D eigenvalue weighted by molar-refractivity contribution is 0.424. The molecule has 0 aliphatic rings. The first-order valence-electron chi connectivity index (χ1n) is 5.81. The van der Waals surface area contributed by atoms with Gasteiger partial charge in [0.25, 0.3) is 5.89 Å². The van der Waals surface area contributed by atoms with E-state index < -0.39 is 0 Å². The molecular formula is C13H12N4OS. The minimum absolute atomic E-state index is 0.446. The molecule has 0 fully saturated rings. The van der Waals surface area contributed by atoms with Crippen molar-refractivity contribution >= 4 is 17.0 Å². The van der Waals surface area contributed by atoms with E-state index in [9.17, 15) is 0 Å². The summed E-state index contributed by atoms with van der Waals surface area (Å²) in [7, 11) is 0. The lowest BCUT2D eigenvalue weighted by Crippen LogP contribution is -1.91. The predicted molar refractivity (Wildman–Crippen MR) is 73.8 cm³/mol. The highest BCUT2D eigenvalue weighted by molar-refractivity contribution is 7.09. The Hall–Kier alpha value is -2.21. The molecule has 5 nitrogen and oxygen atoms in total. The lowest BCUT2D eigenvalue weighted by atomic mass is 10.2. The van der Waals surface area contributed by atoms with Crippen LogP contribution in [0.1, 0.15) is 16.5 Å². The first-order valence-corrected chi connectivity index (χ1v) is 6.69. The van der Waals surface area contributed by atoms with Crippen LogP contribution in [0.4, 0.5) is 5.69 Å². The van der Waals surface area contributed by atoms with Crippen molar-refractivity contribution < 1.29 is 4.52 Å². The zero-order valence-corrected chi connectivity index (χ0v) is 11.1. The zero-order valence-electron chi connectivity index (χ0n) is 10.3. The van der Waals surface area contributed by atoms with E-state index in [1.54, 1.807) is 11.3 Å². The first kappa shape index (κ1) is 11.9. The van der Waals surface area contributed by atoms with Crippen molar-refractivity contribution in [1.29, 1.82) is 0 Å². The summed E-state index contributed by atoms with van der Waals surface area (Å²) in [5.41, 5.74) is 8.28. The van der Waals surface area contributed by atoms with Crippen molar-refractivity contribution in [1.82, 2.24) is 15.1 Å². The highest BCUT2D eigenvalue weighted by atomic mass is 32.1. The van der Waals surface area contributed by atoms with E-state index in [4.69, 9.17) is 10.3 Å². The molecule has 0 saturated carbocycles. The fraction of sp³-hybridized carbons (Fsp3) is 0.154. The molecule has 0 aliphatic heterocycles. The zero-order chi connectivity index (χ0) is 13.2. The van der Waals surface area contributed by atoms with Crippen LogP contribution >= 0.6 is 11.3 Å². The maximum absolute atomic E-state index is 5.88. The number of nitrogens with two attached hydrogens (primary N) is 1. The van der Waals surface area contributed by atoms with E-state index in [1.807, 2.05) is 36.6 Å². The first-order chi connectivity index (χ1) is 9.22. The molecule has 3 rings (SSSR count). The smallest absolute Gasteiger partial charge is 0.260 e. The van der Waals surface area contributed by atoms with E-state index >= 15 is 0 Å². The standard InChI is InChI=1S/C13H12N4OS/c1-8-7-19-12(15-8)6-11-16-13(18-17-11)9-4-2-3-5-10(9)14/h2-5,7H,6,14H2,1H3. The predicted octanol–water partition coefficient (Wildman–Crippen LogP) is 2.67. The van der Waals surface area contributed by atoms with Crippen LogP contribution in [0.5, 0.6) is 0 Å². The average Bonchev–Trinajstić information content (AvgIpc) is 3.00. The Labute approximate surface area is 114 Å². The van der Waals surface area contributed by atoms with E-state index in [1.165, 1.54) is 0 Å². The molecule has 0 bridgehead atoms. The lowest BCUT2D eigenvalue weighted by Gasteiger charge is -1.97. The third-order valence-electron chi connectivity index (χ3n) is 2.64. The number of nitrogen functional groups attached to an aromatic ring is 1. The molecule has 19 heavy (non-hydrogen) atoms. The van der Waals surface area contributed by atoms with E-state index in [2.05, 4.69) is 15.1 Å². The fourth-order valence-corrected chi connectivity index (χ4v) is 2.51. The summed E-state index contributed by atoms with van der Waals surface area (Å²) in [5.74, 6) is 1.06. The SMILES string of the molecule is Cc1csc(Cc2noc(-c3ccccc3N)n2)n1. The van der Waals surface area contributed by atoms with Crippen LogP contribution in [0.3, 0.4) is 0 Å². The summed E-state index contributed by atoms with van der Waals surface area (Å²) in [4.78, 5) is 8.73.